The Bertz CT molecular complexity index is 399. The average Bonchev–Trinajstić information content (AvgIpc) is 2.97. The van der Waals surface area contributed by atoms with E-state index >= 15 is 0 Å². The van der Waals surface area contributed by atoms with E-state index in [1.165, 1.54) is 32.1 Å². The predicted octanol–water partition coefficient (Wildman–Crippen LogP) is 3.80. The van der Waals surface area contributed by atoms with Crippen molar-refractivity contribution < 1.29 is 4.79 Å². The molecule has 0 heterocycles. The lowest BCUT2D eigenvalue weighted by atomic mass is 10.0. The van der Waals surface area contributed by atoms with Gasteiger partial charge in [-0.25, -0.2) is 4.79 Å². The lowest BCUT2D eigenvalue weighted by molar-refractivity contribution is 0.206. The van der Waals surface area contributed by atoms with Gasteiger partial charge in [0.05, 0.1) is 0 Å². The monoisotopic (exact) mass is 274 g/mol. The summed E-state index contributed by atoms with van der Waals surface area (Å²) in [5, 5.41) is 3.01. The summed E-state index contributed by atoms with van der Waals surface area (Å²) < 4.78 is 0. The Morgan fingerprint density at radius 3 is 2.65 bits per heavy atom. The van der Waals surface area contributed by atoms with Gasteiger partial charge in [-0.1, -0.05) is 56.0 Å². The molecule has 1 N–H and O–H groups in total. The van der Waals surface area contributed by atoms with E-state index in [1.54, 1.807) is 4.90 Å². The molecule has 1 aromatic carbocycles. The molecule has 0 radical (unpaired) electrons. The average molecular weight is 274 g/mol. The highest BCUT2D eigenvalue weighted by molar-refractivity contribution is 5.73. The maximum absolute atomic E-state index is 12.0. The molecule has 3 heteroatoms. The number of carbonyl (C=O) groups is 1. The Labute approximate surface area is 122 Å². The molecule has 1 fully saturated rings. The zero-order valence-electron chi connectivity index (χ0n) is 12.5. The Balaban J connectivity index is 1.61. The van der Waals surface area contributed by atoms with E-state index < -0.39 is 0 Å². The molecular formula is C17H26N2O. The van der Waals surface area contributed by atoms with Crippen molar-refractivity contribution in [1.82, 2.24) is 10.2 Å². The van der Waals surface area contributed by atoms with Crippen LogP contribution in [0.25, 0.3) is 0 Å². The molecule has 0 atom stereocenters. The molecule has 110 valence electrons. The molecule has 3 nitrogen and oxygen atoms in total. The molecule has 2 rings (SSSR count). The quantitative estimate of drug-likeness (QED) is 0.786. The summed E-state index contributed by atoms with van der Waals surface area (Å²) in [6.07, 6.45) is 7.95. The number of urea groups is 1. The first-order valence-electron chi connectivity index (χ1n) is 7.78. The van der Waals surface area contributed by atoms with Crippen molar-refractivity contribution in [1.29, 1.82) is 0 Å². The van der Waals surface area contributed by atoms with Crippen LogP contribution >= 0.6 is 0 Å². The number of rotatable bonds is 6. The van der Waals surface area contributed by atoms with Crippen LogP contribution in [-0.4, -0.2) is 24.5 Å². The third kappa shape index (κ3) is 4.87. The fourth-order valence-electron chi connectivity index (χ4n) is 2.95. The predicted molar refractivity (Wildman–Crippen MR) is 82.5 cm³/mol. The summed E-state index contributed by atoms with van der Waals surface area (Å²) in [5.41, 5.74) is 1.16. The maximum Gasteiger partial charge on any atom is 0.317 e. The minimum atomic E-state index is 0.0280. The van der Waals surface area contributed by atoms with Crippen molar-refractivity contribution in [2.45, 2.75) is 45.1 Å². The molecule has 0 aromatic heterocycles. The van der Waals surface area contributed by atoms with Crippen LogP contribution in [-0.2, 0) is 6.54 Å². The fraction of sp³-hybridized carbons (Fsp3) is 0.588. The number of carbonyl (C=O) groups excluding carboxylic acids is 1. The number of benzene rings is 1. The first kappa shape index (κ1) is 14.9. The van der Waals surface area contributed by atoms with E-state index in [-0.39, 0.29) is 6.03 Å². The molecule has 0 saturated heterocycles. The van der Waals surface area contributed by atoms with Gasteiger partial charge < -0.3 is 10.2 Å². The minimum absolute atomic E-state index is 0.0280. The van der Waals surface area contributed by atoms with E-state index in [4.69, 9.17) is 0 Å². The zero-order valence-corrected chi connectivity index (χ0v) is 12.5. The van der Waals surface area contributed by atoms with Crippen molar-refractivity contribution in [3.8, 4) is 0 Å². The Morgan fingerprint density at radius 2 is 1.95 bits per heavy atom. The van der Waals surface area contributed by atoms with Gasteiger partial charge in [0.2, 0.25) is 0 Å². The van der Waals surface area contributed by atoms with Crippen LogP contribution < -0.4 is 5.32 Å². The Morgan fingerprint density at radius 1 is 1.25 bits per heavy atom. The number of nitrogens with one attached hydrogen (secondary N) is 1. The highest BCUT2D eigenvalue weighted by Crippen LogP contribution is 2.28. The number of nitrogens with zero attached hydrogens (tertiary/aromatic N) is 1. The summed E-state index contributed by atoms with van der Waals surface area (Å²) in [6.45, 7) is 1.46. The second kappa shape index (κ2) is 7.93. The van der Waals surface area contributed by atoms with Crippen LogP contribution in [0.2, 0.25) is 0 Å². The largest absolute Gasteiger partial charge is 0.338 e. The van der Waals surface area contributed by atoms with E-state index in [0.717, 1.165) is 24.4 Å². The third-order valence-corrected chi connectivity index (χ3v) is 4.15. The minimum Gasteiger partial charge on any atom is -0.338 e. The summed E-state index contributed by atoms with van der Waals surface area (Å²) in [5.74, 6) is 0.911. The SMILES string of the molecule is CN(Cc1ccccc1)C(=O)NCCCC1CCCC1. The van der Waals surface area contributed by atoms with Crippen molar-refractivity contribution in [2.75, 3.05) is 13.6 Å². The lowest BCUT2D eigenvalue weighted by Gasteiger charge is -2.18. The Kier molecular flexibility index (Phi) is 5.90. The zero-order chi connectivity index (χ0) is 14.2. The van der Waals surface area contributed by atoms with E-state index in [1.807, 2.05) is 37.4 Å². The van der Waals surface area contributed by atoms with Crippen molar-refractivity contribution in [3.63, 3.8) is 0 Å². The van der Waals surface area contributed by atoms with Crippen molar-refractivity contribution in [3.05, 3.63) is 35.9 Å². The summed E-state index contributed by atoms with van der Waals surface area (Å²) >= 11 is 0. The molecule has 1 aliphatic carbocycles. The molecule has 1 saturated carbocycles. The van der Waals surface area contributed by atoms with Gasteiger partial charge in [-0.05, 0) is 24.3 Å². The number of hydrogen-bond donors (Lipinski definition) is 1. The van der Waals surface area contributed by atoms with Crippen LogP contribution in [0.3, 0.4) is 0 Å². The molecule has 0 bridgehead atoms. The van der Waals surface area contributed by atoms with Gasteiger partial charge in [0, 0.05) is 20.1 Å². The molecule has 20 heavy (non-hydrogen) atoms. The van der Waals surface area contributed by atoms with Gasteiger partial charge >= 0.3 is 6.03 Å². The summed E-state index contributed by atoms with van der Waals surface area (Å²) in [6, 6.07) is 10.1. The molecular weight excluding hydrogens is 248 g/mol. The van der Waals surface area contributed by atoms with Crippen LogP contribution in [0.15, 0.2) is 30.3 Å². The van der Waals surface area contributed by atoms with Crippen LogP contribution in [0.4, 0.5) is 4.79 Å². The summed E-state index contributed by atoms with van der Waals surface area (Å²) in [4.78, 5) is 13.7. The van der Waals surface area contributed by atoms with Gasteiger partial charge in [-0.3, -0.25) is 0 Å². The normalized spacial score (nSPS) is 15.2. The molecule has 1 aromatic rings. The van der Waals surface area contributed by atoms with Crippen molar-refractivity contribution >= 4 is 6.03 Å². The fourth-order valence-corrected chi connectivity index (χ4v) is 2.95. The van der Waals surface area contributed by atoms with E-state index in [9.17, 15) is 4.79 Å². The smallest absolute Gasteiger partial charge is 0.317 e. The Hall–Kier alpha value is -1.51. The first-order valence-corrected chi connectivity index (χ1v) is 7.78. The summed E-state index contributed by atoms with van der Waals surface area (Å²) in [7, 11) is 1.85. The van der Waals surface area contributed by atoms with Gasteiger partial charge in [0.25, 0.3) is 0 Å². The van der Waals surface area contributed by atoms with Crippen molar-refractivity contribution in [2.24, 2.45) is 5.92 Å². The third-order valence-electron chi connectivity index (χ3n) is 4.15. The van der Waals surface area contributed by atoms with Crippen LogP contribution in [0, 0.1) is 5.92 Å². The van der Waals surface area contributed by atoms with Crippen LogP contribution in [0.1, 0.15) is 44.1 Å². The van der Waals surface area contributed by atoms with E-state index in [2.05, 4.69) is 5.32 Å². The van der Waals surface area contributed by atoms with Gasteiger partial charge in [0.15, 0.2) is 0 Å². The topological polar surface area (TPSA) is 32.3 Å². The second-order valence-electron chi connectivity index (χ2n) is 5.87. The molecule has 0 aliphatic heterocycles. The molecule has 1 aliphatic rings. The molecule has 2 amide bonds. The molecule has 0 unspecified atom stereocenters. The first-order chi connectivity index (χ1) is 9.75. The number of hydrogen-bond acceptors (Lipinski definition) is 1. The van der Waals surface area contributed by atoms with E-state index in [0.29, 0.717) is 6.54 Å². The highest BCUT2D eigenvalue weighted by Gasteiger charge is 2.14. The number of amides is 2. The standard InChI is InChI=1S/C17H26N2O/c1-19(14-16-10-3-2-4-11-16)17(20)18-13-7-12-15-8-5-6-9-15/h2-4,10-11,15H,5-9,12-14H2,1H3,(H,18,20). The van der Waals surface area contributed by atoms with Gasteiger partial charge in [-0.2, -0.15) is 0 Å². The lowest BCUT2D eigenvalue weighted by Crippen LogP contribution is -2.37. The van der Waals surface area contributed by atoms with Crippen LogP contribution in [0.5, 0.6) is 0 Å². The molecule has 0 spiro atoms. The maximum atomic E-state index is 12.0. The second-order valence-corrected chi connectivity index (χ2v) is 5.87. The highest BCUT2D eigenvalue weighted by atomic mass is 16.2. The van der Waals surface area contributed by atoms with Gasteiger partial charge in [-0.15, -0.1) is 0 Å². The van der Waals surface area contributed by atoms with Gasteiger partial charge in [0.1, 0.15) is 0 Å².